The Balaban J connectivity index is 1.88. The van der Waals surface area contributed by atoms with Crippen LogP contribution in [0.1, 0.15) is 25.3 Å². The Labute approximate surface area is 95.8 Å². The van der Waals surface area contributed by atoms with Gasteiger partial charge in [0.1, 0.15) is 5.82 Å². The maximum Gasteiger partial charge on any atom is 0.123 e. The molecule has 1 atom stereocenters. The number of nitrogens with one attached hydrogen (secondary N) is 1. The average Bonchev–Trinajstić information content (AvgIpc) is 2.29. The van der Waals surface area contributed by atoms with Crippen molar-refractivity contribution in [3.05, 3.63) is 35.6 Å². The summed E-state index contributed by atoms with van der Waals surface area (Å²) in [6.07, 6.45) is 2.24. The first-order valence-electron chi connectivity index (χ1n) is 5.75. The minimum absolute atomic E-state index is 0.0621. The minimum atomic E-state index is -0.184. The van der Waals surface area contributed by atoms with Crippen molar-refractivity contribution in [2.75, 3.05) is 13.2 Å². The van der Waals surface area contributed by atoms with Crippen molar-refractivity contribution in [2.24, 2.45) is 0 Å². The summed E-state index contributed by atoms with van der Waals surface area (Å²) in [5.41, 5.74) is 1.17. The third kappa shape index (κ3) is 3.03. The molecule has 1 aliphatic rings. The van der Waals surface area contributed by atoms with E-state index in [1.165, 1.54) is 12.1 Å². The van der Waals surface area contributed by atoms with Gasteiger partial charge in [-0.2, -0.15) is 0 Å². The predicted molar refractivity (Wildman–Crippen MR) is 61.7 cm³/mol. The number of rotatable bonds is 3. The summed E-state index contributed by atoms with van der Waals surface area (Å²) in [4.78, 5) is 0. The maximum absolute atomic E-state index is 12.7. The smallest absolute Gasteiger partial charge is 0.123 e. The molecule has 3 heteroatoms. The Kier molecular flexibility index (Phi) is 3.56. The standard InChI is InChI=1S/C13H18FNO/c1-13(7-2-8-16-10-13)15-9-11-3-5-12(14)6-4-11/h3-6,15H,2,7-10H2,1H3. The molecule has 0 spiro atoms. The van der Waals surface area contributed by atoms with Crippen LogP contribution >= 0.6 is 0 Å². The van der Waals surface area contributed by atoms with Crippen molar-refractivity contribution in [3.63, 3.8) is 0 Å². The van der Waals surface area contributed by atoms with Crippen LogP contribution in [-0.2, 0) is 11.3 Å². The summed E-state index contributed by atoms with van der Waals surface area (Å²) in [6, 6.07) is 6.62. The van der Waals surface area contributed by atoms with Crippen molar-refractivity contribution < 1.29 is 9.13 Å². The number of ether oxygens (including phenoxy) is 1. The van der Waals surface area contributed by atoms with E-state index in [2.05, 4.69) is 12.2 Å². The largest absolute Gasteiger partial charge is 0.380 e. The van der Waals surface area contributed by atoms with Crippen molar-refractivity contribution in [1.29, 1.82) is 0 Å². The topological polar surface area (TPSA) is 21.3 Å². The molecule has 0 bridgehead atoms. The Morgan fingerprint density at radius 2 is 2.12 bits per heavy atom. The average molecular weight is 223 g/mol. The lowest BCUT2D eigenvalue weighted by molar-refractivity contribution is 0.0278. The molecule has 0 saturated carbocycles. The predicted octanol–water partition coefficient (Wildman–Crippen LogP) is 2.48. The van der Waals surface area contributed by atoms with Gasteiger partial charge in [-0.05, 0) is 37.5 Å². The van der Waals surface area contributed by atoms with E-state index < -0.39 is 0 Å². The molecule has 1 fully saturated rings. The highest BCUT2D eigenvalue weighted by atomic mass is 19.1. The van der Waals surface area contributed by atoms with E-state index in [9.17, 15) is 4.39 Å². The Morgan fingerprint density at radius 1 is 1.38 bits per heavy atom. The van der Waals surface area contributed by atoms with Gasteiger partial charge in [-0.3, -0.25) is 0 Å². The molecule has 1 saturated heterocycles. The van der Waals surface area contributed by atoms with Crippen LogP contribution in [0, 0.1) is 5.82 Å². The van der Waals surface area contributed by atoms with Gasteiger partial charge in [-0.15, -0.1) is 0 Å². The highest BCUT2D eigenvalue weighted by molar-refractivity contribution is 5.16. The molecule has 88 valence electrons. The Hall–Kier alpha value is -0.930. The molecular weight excluding hydrogens is 205 g/mol. The lowest BCUT2D eigenvalue weighted by Crippen LogP contribution is -2.48. The molecule has 1 aromatic rings. The quantitative estimate of drug-likeness (QED) is 0.850. The Bertz CT molecular complexity index is 330. The fourth-order valence-corrected chi connectivity index (χ4v) is 1.99. The summed E-state index contributed by atoms with van der Waals surface area (Å²) in [7, 11) is 0. The molecule has 2 rings (SSSR count). The van der Waals surface area contributed by atoms with Gasteiger partial charge < -0.3 is 10.1 Å². The van der Waals surface area contributed by atoms with Gasteiger partial charge in [0.2, 0.25) is 0 Å². The number of benzene rings is 1. The summed E-state index contributed by atoms with van der Waals surface area (Å²) < 4.78 is 18.2. The van der Waals surface area contributed by atoms with E-state index in [0.717, 1.165) is 38.2 Å². The summed E-state index contributed by atoms with van der Waals surface area (Å²) in [5.74, 6) is -0.184. The molecule has 1 heterocycles. The number of halogens is 1. The lowest BCUT2D eigenvalue weighted by atomic mass is 9.94. The first kappa shape index (κ1) is 11.6. The van der Waals surface area contributed by atoms with Gasteiger partial charge in [-0.1, -0.05) is 12.1 Å². The fraction of sp³-hybridized carbons (Fsp3) is 0.538. The molecule has 0 amide bonds. The third-order valence-electron chi connectivity index (χ3n) is 3.07. The molecule has 1 aliphatic heterocycles. The van der Waals surface area contributed by atoms with E-state index in [1.54, 1.807) is 0 Å². The van der Waals surface area contributed by atoms with Crippen molar-refractivity contribution in [2.45, 2.75) is 31.8 Å². The molecule has 0 aromatic heterocycles. The van der Waals surface area contributed by atoms with Crippen LogP contribution in [0.5, 0.6) is 0 Å². The highest BCUT2D eigenvalue weighted by Crippen LogP contribution is 2.18. The second-order valence-electron chi connectivity index (χ2n) is 4.70. The van der Waals surface area contributed by atoms with Crippen LogP contribution in [0.4, 0.5) is 4.39 Å². The highest BCUT2D eigenvalue weighted by Gasteiger charge is 2.26. The monoisotopic (exact) mass is 223 g/mol. The summed E-state index contributed by atoms with van der Waals surface area (Å²) >= 11 is 0. The van der Waals surface area contributed by atoms with Crippen molar-refractivity contribution in [3.8, 4) is 0 Å². The van der Waals surface area contributed by atoms with Crippen LogP contribution in [0.25, 0.3) is 0 Å². The molecule has 0 radical (unpaired) electrons. The molecule has 16 heavy (non-hydrogen) atoms. The van der Waals surface area contributed by atoms with Crippen LogP contribution in [-0.4, -0.2) is 18.8 Å². The van der Waals surface area contributed by atoms with Gasteiger partial charge in [0, 0.05) is 18.7 Å². The van der Waals surface area contributed by atoms with Gasteiger partial charge in [-0.25, -0.2) is 4.39 Å². The third-order valence-corrected chi connectivity index (χ3v) is 3.07. The van der Waals surface area contributed by atoms with E-state index >= 15 is 0 Å². The second kappa shape index (κ2) is 4.93. The normalized spacial score (nSPS) is 25.6. The van der Waals surface area contributed by atoms with E-state index in [0.29, 0.717) is 0 Å². The first-order valence-corrected chi connectivity index (χ1v) is 5.75. The summed E-state index contributed by atoms with van der Waals surface area (Å²) in [6.45, 7) is 4.57. The lowest BCUT2D eigenvalue weighted by Gasteiger charge is -2.34. The van der Waals surface area contributed by atoms with Crippen molar-refractivity contribution >= 4 is 0 Å². The molecule has 1 N–H and O–H groups in total. The first-order chi connectivity index (χ1) is 7.68. The van der Waals surface area contributed by atoms with Crippen molar-refractivity contribution in [1.82, 2.24) is 5.32 Å². The zero-order valence-corrected chi connectivity index (χ0v) is 9.63. The summed E-state index contributed by atoms with van der Waals surface area (Å²) in [5, 5.41) is 3.49. The van der Waals surface area contributed by atoms with Crippen LogP contribution < -0.4 is 5.32 Å². The molecule has 0 aliphatic carbocycles. The van der Waals surface area contributed by atoms with E-state index in [1.807, 2.05) is 12.1 Å². The number of hydrogen-bond donors (Lipinski definition) is 1. The van der Waals surface area contributed by atoms with Crippen LogP contribution in [0.2, 0.25) is 0 Å². The molecule has 1 aromatic carbocycles. The zero-order chi connectivity index (χ0) is 11.4. The number of hydrogen-bond acceptors (Lipinski definition) is 2. The SMILES string of the molecule is CC1(NCc2ccc(F)cc2)CCCOC1. The zero-order valence-electron chi connectivity index (χ0n) is 9.63. The van der Waals surface area contributed by atoms with Gasteiger partial charge in [0.15, 0.2) is 0 Å². The maximum atomic E-state index is 12.7. The van der Waals surface area contributed by atoms with Crippen LogP contribution in [0.3, 0.4) is 0 Å². The minimum Gasteiger partial charge on any atom is -0.380 e. The van der Waals surface area contributed by atoms with Crippen LogP contribution in [0.15, 0.2) is 24.3 Å². The molecule has 2 nitrogen and oxygen atoms in total. The van der Waals surface area contributed by atoms with Gasteiger partial charge in [0.25, 0.3) is 0 Å². The molecular formula is C13H18FNO. The second-order valence-corrected chi connectivity index (χ2v) is 4.70. The van der Waals surface area contributed by atoms with Gasteiger partial charge >= 0.3 is 0 Å². The Morgan fingerprint density at radius 3 is 2.75 bits per heavy atom. The molecule has 1 unspecified atom stereocenters. The van der Waals surface area contributed by atoms with E-state index in [-0.39, 0.29) is 11.4 Å². The van der Waals surface area contributed by atoms with E-state index in [4.69, 9.17) is 4.74 Å². The van der Waals surface area contributed by atoms with Gasteiger partial charge in [0.05, 0.1) is 6.61 Å². The fourth-order valence-electron chi connectivity index (χ4n) is 1.99.